The summed E-state index contributed by atoms with van der Waals surface area (Å²) in [6, 6.07) is 14.5. The molecule has 0 saturated carbocycles. The van der Waals surface area contributed by atoms with Gasteiger partial charge in [0.25, 0.3) is 0 Å². The molecule has 1 heterocycles. The average Bonchev–Trinajstić information content (AvgIpc) is 3.06. The lowest BCUT2D eigenvalue weighted by Crippen LogP contribution is -2.37. The van der Waals surface area contributed by atoms with E-state index >= 15 is 0 Å². The fourth-order valence-corrected chi connectivity index (χ4v) is 3.40. The molecule has 0 spiro atoms. The zero-order valence-corrected chi connectivity index (χ0v) is 20.7. The van der Waals surface area contributed by atoms with Gasteiger partial charge in [-0.3, -0.25) is 5.32 Å². The molecule has 0 bridgehead atoms. The summed E-state index contributed by atoms with van der Waals surface area (Å²) in [5.74, 6) is 0.344. The number of aromatic nitrogens is 2. The number of rotatable bonds is 7. The summed E-state index contributed by atoms with van der Waals surface area (Å²) in [6.07, 6.45) is 0. The standard InChI is InChI=1S/C26H34N6O2/c1-17(25(2,3)4)28-15-19-9-12-22-21(13-19)30-23(32(22)16-26(5,6)34)31-24(33)29-20-10-7-18(14-27)8-11-20/h7-13,17,28,34H,15-16H2,1-6H3,(H2,29,30,31,33)/t17-/m0/s1. The number of nitrogens with zero attached hydrogens (tertiary/aromatic N) is 3. The van der Waals surface area contributed by atoms with E-state index in [1.54, 1.807) is 38.1 Å². The summed E-state index contributed by atoms with van der Waals surface area (Å²) in [4.78, 5) is 17.3. The normalized spacial score (nSPS) is 12.9. The largest absolute Gasteiger partial charge is 0.389 e. The summed E-state index contributed by atoms with van der Waals surface area (Å²) >= 11 is 0. The SMILES string of the molecule is C[C@H](NCc1ccc2c(c1)nc(NC(=O)Nc1ccc(C#N)cc1)n2CC(C)(C)O)C(C)(C)C. The van der Waals surface area contributed by atoms with Gasteiger partial charge >= 0.3 is 6.03 Å². The Labute approximate surface area is 201 Å². The van der Waals surface area contributed by atoms with Crippen LogP contribution >= 0.6 is 0 Å². The van der Waals surface area contributed by atoms with E-state index < -0.39 is 11.6 Å². The van der Waals surface area contributed by atoms with Crippen molar-refractivity contribution in [2.75, 3.05) is 10.6 Å². The van der Waals surface area contributed by atoms with Crippen LogP contribution in [0.3, 0.4) is 0 Å². The second-order valence-electron chi connectivity index (χ2n) is 10.4. The molecule has 0 saturated heterocycles. The van der Waals surface area contributed by atoms with Gasteiger partial charge in [-0.15, -0.1) is 0 Å². The molecule has 4 N–H and O–H groups in total. The predicted octanol–water partition coefficient (Wildman–Crippen LogP) is 4.85. The molecule has 8 heteroatoms. The van der Waals surface area contributed by atoms with Crippen LogP contribution in [0.25, 0.3) is 11.0 Å². The van der Waals surface area contributed by atoms with E-state index in [1.165, 1.54) is 0 Å². The third-order valence-electron chi connectivity index (χ3n) is 5.77. The molecule has 0 unspecified atom stereocenters. The van der Waals surface area contributed by atoms with Gasteiger partial charge in [-0.1, -0.05) is 26.8 Å². The Morgan fingerprint density at radius 3 is 2.38 bits per heavy atom. The molecule has 3 rings (SSSR count). The molecule has 2 aromatic carbocycles. The number of carbonyl (C=O) groups excluding carboxylic acids is 1. The van der Waals surface area contributed by atoms with Gasteiger partial charge in [-0.2, -0.15) is 5.26 Å². The van der Waals surface area contributed by atoms with E-state index in [-0.39, 0.29) is 12.0 Å². The molecule has 1 aromatic heterocycles. The number of hydrogen-bond acceptors (Lipinski definition) is 5. The Morgan fingerprint density at radius 1 is 1.12 bits per heavy atom. The topological polar surface area (TPSA) is 115 Å². The zero-order valence-electron chi connectivity index (χ0n) is 20.7. The average molecular weight is 463 g/mol. The van der Waals surface area contributed by atoms with Gasteiger partial charge in [-0.05, 0) is 68.1 Å². The first-order chi connectivity index (χ1) is 15.9. The number of benzene rings is 2. The Balaban J connectivity index is 1.84. The monoisotopic (exact) mass is 462 g/mol. The molecule has 8 nitrogen and oxygen atoms in total. The van der Waals surface area contributed by atoms with Crippen LogP contribution in [-0.2, 0) is 13.1 Å². The molecule has 0 aliphatic carbocycles. The van der Waals surface area contributed by atoms with Crippen LogP contribution in [0.2, 0.25) is 0 Å². The second-order valence-corrected chi connectivity index (χ2v) is 10.4. The fraction of sp³-hybridized carbons (Fsp3) is 0.423. The Kier molecular flexibility index (Phi) is 7.29. The van der Waals surface area contributed by atoms with E-state index in [1.807, 2.05) is 28.8 Å². The molecule has 3 aromatic rings. The maximum atomic E-state index is 12.7. The molecule has 0 aliphatic rings. The molecule has 0 aliphatic heterocycles. The maximum absolute atomic E-state index is 12.7. The summed E-state index contributed by atoms with van der Waals surface area (Å²) in [6.45, 7) is 13.2. The van der Waals surface area contributed by atoms with Crippen LogP contribution in [0.5, 0.6) is 0 Å². The summed E-state index contributed by atoms with van der Waals surface area (Å²) < 4.78 is 1.81. The van der Waals surface area contributed by atoms with Crippen molar-refractivity contribution in [3.63, 3.8) is 0 Å². The van der Waals surface area contributed by atoms with E-state index in [9.17, 15) is 9.90 Å². The number of aliphatic hydroxyl groups is 1. The molecule has 2 amide bonds. The lowest BCUT2D eigenvalue weighted by Gasteiger charge is -2.28. The molecule has 0 fully saturated rings. The minimum absolute atomic E-state index is 0.151. The Morgan fingerprint density at radius 2 is 1.79 bits per heavy atom. The number of carbonyl (C=O) groups is 1. The first-order valence-corrected chi connectivity index (χ1v) is 11.4. The Hall–Kier alpha value is -3.41. The number of fused-ring (bicyclic) bond motifs is 1. The van der Waals surface area contributed by atoms with Crippen LogP contribution in [0.1, 0.15) is 52.7 Å². The third kappa shape index (κ3) is 6.56. The van der Waals surface area contributed by atoms with Crippen molar-refractivity contribution in [2.24, 2.45) is 5.41 Å². The van der Waals surface area contributed by atoms with Crippen LogP contribution in [-0.4, -0.2) is 32.3 Å². The predicted molar refractivity (Wildman–Crippen MR) is 136 cm³/mol. The van der Waals surface area contributed by atoms with Crippen molar-refractivity contribution in [3.8, 4) is 6.07 Å². The number of anilines is 2. The van der Waals surface area contributed by atoms with Crippen molar-refractivity contribution in [1.29, 1.82) is 5.26 Å². The number of nitrogens with one attached hydrogen (secondary N) is 3. The van der Waals surface area contributed by atoms with Crippen LogP contribution in [0.15, 0.2) is 42.5 Å². The van der Waals surface area contributed by atoms with Crippen molar-refractivity contribution in [1.82, 2.24) is 14.9 Å². The lowest BCUT2D eigenvalue weighted by molar-refractivity contribution is 0.0632. The first-order valence-electron chi connectivity index (χ1n) is 11.4. The van der Waals surface area contributed by atoms with Gasteiger partial charge in [0.1, 0.15) is 0 Å². The maximum Gasteiger partial charge on any atom is 0.326 e. The van der Waals surface area contributed by atoms with E-state index in [0.717, 1.165) is 16.6 Å². The molecule has 0 radical (unpaired) electrons. The number of hydrogen-bond donors (Lipinski definition) is 4. The quantitative estimate of drug-likeness (QED) is 0.401. The van der Waals surface area contributed by atoms with Gasteiger partial charge in [0.2, 0.25) is 5.95 Å². The molecular formula is C26H34N6O2. The van der Waals surface area contributed by atoms with E-state index in [2.05, 4.69) is 48.6 Å². The highest BCUT2D eigenvalue weighted by molar-refractivity contribution is 5.99. The minimum atomic E-state index is -1.00. The smallest absolute Gasteiger partial charge is 0.326 e. The van der Waals surface area contributed by atoms with Crippen LogP contribution < -0.4 is 16.0 Å². The Bertz CT molecular complexity index is 1190. The summed E-state index contributed by atoms with van der Waals surface area (Å²) in [7, 11) is 0. The van der Waals surface area contributed by atoms with Crippen LogP contribution in [0, 0.1) is 16.7 Å². The fourth-order valence-electron chi connectivity index (χ4n) is 3.40. The van der Waals surface area contributed by atoms with Crippen LogP contribution in [0.4, 0.5) is 16.4 Å². The lowest BCUT2D eigenvalue weighted by atomic mass is 9.88. The summed E-state index contributed by atoms with van der Waals surface area (Å²) in [5, 5.41) is 28.5. The highest BCUT2D eigenvalue weighted by Crippen LogP contribution is 2.25. The number of nitriles is 1. The second kappa shape index (κ2) is 9.84. The summed E-state index contributed by atoms with van der Waals surface area (Å²) in [5.41, 5.74) is 2.87. The van der Waals surface area contributed by atoms with E-state index in [4.69, 9.17) is 5.26 Å². The highest BCUT2D eigenvalue weighted by atomic mass is 16.3. The van der Waals surface area contributed by atoms with Gasteiger partial charge in [0.05, 0.1) is 34.8 Å². The minimum Gasteiger partial charge on any atom is -0.389 e. The van der Waals surface area contributed by atoms with Crippen molar-refractivity contribution < 1.29 is 9.90 Å². The van der Waals surface area contributed by atoms with Gasteiger partial charge in [-0.25, -0.2) is 9.78 Å². The molecular weight excluding hydrogens is 428 g/mol. The van der Waals surface area contributed by atoms with Gasteiger partial charge in [0.15, 0.2) is 0 Å². The van der Waals surface area contributed by atoms with Gasteiger partial charge in [0, 0.05) is 18.3 Å². The van der Waals surface area contributed by atoms with Gasteiger partial charge < -0.3 is 20.3 Å². The number of urea groups is 1. The molecule has 34 heavy (non-hydrogen) atoms. The van der Waals surface area contributed by atoms with Crippen molar-refractivity contribution in [2.45, 2.75) is 66.3 Å². The highest BCUT2D eigenvalue weighted by Gasteiger charge is 2.22. The number of amides is 2. The molecule has 1 atom stereocenters. The third-order valence-corrected chi connectivity index (χ3v) is 5.77. The number of imidazole rings is 1. The molecule has 180 valence electrons. The van der Waals surface area contributed by atoms with Crippen molar-refractivity contribution >= 4 is 28.7 Å². The zero-order chi connectivity index (χ0) is 25.1. The van der Waals surface area contributed by atoms with E-state index in [0.29, 0.717) is 29.8 Å². The van der Waals surface area contributed by atoms with Crippen molar-refractivity contribution in [3.05, 3.63) is 53.6 Å². The first kappa shape index (κ1) is 25.2.